The molecule has 4 rings (SSSR count). The Bertz CT molecular complexity index is 1060. The summed E-state index contributed by atoms with van der Waals surface area (Å²) >= 11 is 7.46. The molecule has 1 saturated carbocycles. The topological polar surface area (TPSA) is 73.0 Å². The molecule has 158 valence electrons. The Morgan fingerprint density at radius 1 is 1.37 bits per heavy atom. The normalized spacial score (nSPS) is 19.1. The predicted molar refractivity (Wildman–Crippen MR) is 121 cm³/mol. The zero-order chi connectivity index (χ0) is 21.1. The molecule has 1 fully saturated rings. The van der Waals surface area contributed by atoms with Crippen molar-refractivity contribution in [2.24, 2.45) is 5.92 Å². The number of fused-ring (bicyclic) bond motifs is 1. The molecule has 0 bridgehead atoms. The minimum atomic E-state index is 0.0341. The van der Waals surface area contributed by atoms with Crippen molar-refractivity contribution in [1.82, 2.24) is 20.1 Å². The standard InChI is InChI=1S/C22H25ClN4O2S/c1-3-10-27-21(19-12-15-11-16(23)8-9-18(15)29-19)25-26-22(27)30-13-20(28)24-17-7-5-4-6-14(17)2/h3,8-9,11-12,14,17H,1,4-7,10,13H2,2H3,(H,24,28)/t14-,17-/m1/s1. The third-order valence-electron chi connectivity index (χ3n) is 5.52. The summed E-state index contributed by atoms with van der Waals surface area (Å²) in [4.78, 5) is 12.5. The highest BCUT2D eigenvalue weighted by Crippen LogP contribution is 2.31. The Hall–Kier alpha value is -2.25. The number of carbonyl (C=O) groups is 1. The molecular formula is C22H25ClN4O2S. The van der Waals surface area contributed by atoms with Gasteiger partial charge in [-0.1, -0.05) is 49.2 Å². The maximum atomic E-state index is 12.5. The van der Waals surface area contributed by atoms with Gasteiger partial charge in [-0.3, -0.25) is 9.36 Å². The Kier molecular flexibility index (Phi) is 6.49. The van der Waals surface area contributed by atoms with Crippen molar-refractivity contribution in [2.75, 3.05) is 5.75 Å². The van der Waals surface area contributed by atoms with E-state index >= 15 is 0 Å². The number of rotatable bonds is 7. The summed E-state index contributed by atoms with van der Waals surface area (Å²) < 4.78 is 7.85. The monoisotopic (exact) mass is 444 g/mol. The third kappa shape index (κ3) is 4.57. The second kappa shape index (κ2) is 9.27. The number of hydrogen-bond acceptors (Lipinski definition) is 5. The molecule has 8 heteroatoms. The molecule has 6 nitrogen and oxygen atoms in total. The van der Waals surface area contributed by atoms with E-state index in [1.54, 1.807) is 12.1 Å². The van der Waals surface area contributed by atoms with Gasteiger partial charge in [0.05, 0.1) is 5.75 Å². The molecular weight excluding hydrogens is 420 g/mol. The first-order valence-corrected chi connectivity index (χ1v) is 11.6. The lowest BCUT2D eigenvalue weighted by Gasteiger charge is -2.29. The SMILES string of the molecule is C=CCn1c(SCC(=O)N[C@@H]2CCCC[C@H]2C)nnc1-c1cc2cc(Cl)ccc2o1. The van der Waals surface area contributed by atoms with Crippen LogP contribution in [-0.2, 0) is 11.3 Å². The molecule has 1 aliphatic rings. The van der Waals surface area contributed by atoms with Crippen LogP contribution in [0.4, 0.5) is 0 Å². The van der Waals surface area contributed by atoms with E-state index in [-0.39, 0.29) is 11.9 Å². The molecule has 0 unspecified atom stereocenters. The Morgan fingerprint density at radius 2 is 2.20 bits per heavy atom. The number of nitrogens with one attached hydrogen (secondary N) is 1. The van der Waals surface area contributed by atoms with E-state index in [0.29, 0.717) is 40.0 Å². The highest BCUT2D eigenvalue weighted by Gasteiger charge is 2.23. The molecule has 1 aromatic carbocycles. The van der Waals surface area contributed by atoms with Crippen molar-refractivity contribution in [3.63, 3.8) is 0 Å². The van der Waals surface area contributed by atoms with Crippen molar-refractivity contribution in [3.8, 4) is 11.6 Å². The van der Waals surface area contributed by atoms with E-state index in [4.69, 9.17) is 16.0 Å². The van der Waals surface area contributed by atoms with Gasteiger partial charge in [-0.05, 0) is 43.0 Å². The fourth-order valence-corrected chi connectivity index (χ4v) is 4.84. The molecule has 3 aromatic rings. The third-order valence-corrected chi connectivity index (χ3v) is 6.72. The van der Waals surface area contributed by atoms with Crippen molar-refractivity contribution in [3.05, 3.63) is 41.9 Å². The molecule has 1 N–H and O–H groups in total. The van der Waals surface area contributed by atoms with Gasteiger partial charge in [0.1, 0.15) is 5.58 Å². The van der Waals surface area contributed by atoms with Gasteiger partial charge in [0.15, 0.2) is 10.9 Å². The minimum Gasteiger partial charge on any atom is -0.453 e. The first-order valence-electron chi connectivity index (χ1n) is 10.2. The largest absolute Gasteiger partial charge is 0.453 e. The number of furan rings is 1. The van der Waals surface area contributed by atoms with Crippen LogP contribution >= 0.6 is 23.4 Å². The van der Waals surface area contributed by atoms with Gasteiger partial charge < -0.3 is 9.73 Å². The van der Waals surface area contributed by atoms with Crippen molar-refractivity contribution < 1.29 is 9.21 Å². The van der Waals surface area contributed by atoms with E-state index < -0.39 is 0 Å². The molecule has 1 aliphatic carbocycles. The zero-order valence-corrected chi connectivity index (χ0v) is 18.5. The summed E-state index contributed by atoms with van der Waals surface area (Å²) in [5, 5.41) is 14.0. The van der Waals surface area contributed by atoms with Gasteiger partial charge in [0.2, 0.25) is 11.7 Å². The molecule has 30 heavy (non-hydrogen) atoms. The van der Waals surface area contributed by atoms with Gasteiger partial charge in [0, 0.05) is 23.0 Å². The Balaban J connectivity index is 1.49. The van der Waals surface area contributed by atoms with Crippen LogP contribution < -0.4 is 5.32 Å². The van der Waals surface area contributed by atoms with E-state index in [1.165, 1.54) is 31.0 Å². The molecule has 1 amide bonds. The number of amides is 1. The summed E-state index contributed by atoms with van der Waals surface area (Å²) in [5.74, 6) is 2.07. The highest BCUT2D eigenvalue weighted by atomic mass is 35.5. The van der Waals surface area contributed by atoms with Crippen LogP contribution in [0.5, 0.6) is 0 Å². The Morgan fingerprint density at radius 3 is 3.00 bits per heavy atom. The lowest BCUT2D eigenvalue weighted by molar-refractivity contribution is -0.119. The van der Waals surface area contributed by atoms with Crippen molar-refractivity contribution in [1.29, 1.82) is 0 Å². The summed E-state index contributed by atoms with van der Waals surface area (Å²) in [6.07, 6.45) is 6.45. The predicted octanol–water partition coefficient (Wildman–Crippen LogP) is 5.32. The highest BCUT2D eigenvalue weighted by molar-refractivity contribution is 7.99. The maximum Gasteiger partial charge on any atom is 0.230 e. The first-order chi connectivity index (χ1) is 14.5. The second-order valence-corrected chi connectivity index (χ2v) is 9.10. The number of thioether (sulfide) groups is 1. The van der Waals surface area contributed by atoms with Gasteiger partial charge in [-0.25, -0.2) is 0 Å². The van der Waals surface area contributed by atoms with E-state index in [9.17, 15) is 4.79 Å². The van der Waals surface area contributed by atoms with Crippen molar-refractivity contribution >= 4 is 40.2 Å². The molecule has 2 heterocycles. The minimum absolute atomic E-state index is 0.0341. The van der Waals surface area contributed by atoms with Crippen LogP contribution in [0.1, 0.15) is 32.6 Å². The number of aromatic nitrogens is 3. The average Bonchev–Trinajstić information content (AvgIpc) is 3.32. The zero-order valence-electron chi connectivity index (χ0n) is 16.9. The summed E-state index contributed by atoms with van der Waals surface area (Å²) in [7, 11) is 0. The van der Waals surface area contributed by atoms with Crippen LogP contribution in [0, 0.1) is 5.92 Å². The molecule has 2 atom stereocenters. The second-order valence-electron chi connectivity index (χ2n) is 7.72. The number of halogens is 1. The summed E-state index contributed by atoms with van der Waals surface area (Å²) in [6, 6.07) is 7.65. The van der Waals surface area contributed by atoms with Gasteiger partial charge in [-0.2, -0.15) is 0 Å². The summed E-state index contributed by atoms with van der Waals surface area (Å²) in [6.45, 7) is 6.56. The van der Waals surface area contributed by atoms with Crippen LogP contribution in [0.25, 0.3) is 22.6 Å². The average molecular weight is 445 g/mol. The lowest BCUT2D eigenvalue weighted by atomic mass is 9.86. The number of allylic oxidation sites excluding steroid dienone is 1. The van der Waals surface area contributed by atoms with Gasteiger partial charge in [0.25, 0.3) is 0 Å². The molecule has 0 aliphatic heterocycles. The van der Waals surface area contributed by atoms with Crippen LogP contribution in [0.15, 0.2) is 46.5 Å². The van der Waals surface area contributed by atoms with E-state index in [0.717, 1.165) is 17.4 Å². The van der Waals surface area contributed by atoms with Crippen molar-refractivity contribution in [2.45, 2.75) is 50.4 Å². The van der Waals surface area contributed by atoms with Crippen LogP contribution in [-0.4, -0.2) is 32.5 Å². The van der Waals surface area contributed by atoms with E-state index in [1.807, 2.05) is 22.8 Å². The molecule has 0 spiro atoms. The molecule has 2 aromatic heterocycles. The van der Waals surface area contributed by atoms with Crippen LogP contribution in [0.3, 0.4) is 0 Å². The van der Waals surface area contributed by atoms with Crippen LogP contribution in [0.2, 0.25) is 5.02 Å². The number of nitrogens with zero attached hydrogens (tertiary/aromatic N) is 3. The molecule has 0 saturated heterocycles. The fourth-order valence-electron chi connectivity index (χ4n) is 3.91. The van der Waals surface area contributed by atoms with Gasteiger partial charge >= 0.3 is 0 Å². The quantitative estimate of drug-likeness (QED) is 0.394. The summed E-state index contributed by atoms with van der Waals surface area (Å²) in [5.41, 5.74) is 0.734. The lowest BCUT2D eigenvalue weighted by Crippen LogP contribution is -2.41. The fraction of sp³-hybridized carbons (Fsp3) is 0.409. The number of hydrogen-bond donors (Lipinski definition) is 1. The van der Waals surface area contributed by atoms with E-state index in [2.05, 4.69) is 29.0 Å². The molecule has 0 radical (unpaired) electrons. The number of carbonyl (C=O) groups excluding carboxylic acids is 1. The first kappa shape index (κ1) is 21.0. The van der Waals surface area contributed by atoms with Gasteiger partial charge in [-0.15, -0.1) is 16.8 Å². The number of benzene rings is 1. The maximum absolute atomic E-state index is 12.5. The smallest absolute Gasteiger partial charge is 0.230 e. The Labute approximate surface area is 185 Å².